The van der Waals surface area contributed by atoms with E-state index in [2.05, 4.69) is 27.8 Å². The fourth-order valence-electron chi connectivity index (χ4n) is 2.20. The van der Waals surface area contributed by atoms with Gasteiger partial charge in [0.15, 0.2) is 0 Å². The summed E-state index contributed by atoms with van der Waals surface area (Å²) >= 11 is 3.20. The Balaban J connectivity index is 2.24. The second-order valence-electron chi connectivity index (χ2n) is 4.58. The third-order valence-corrected chi connectivity index (χ3v) is 3.38. The Kier molecular flexibility index (Phi) is 6.06. The third kappa shape index (κ3) is 5.12. The average Bonchev–Trinajstić information content (AvgIpc) is 2.27. The molecule has 0 radical (unpaired) electrons. The van der Waals surface area contributed by atoms with E-state index in [4.69, 9.17) is 5.73 Å². The van der Waals surface area contributed by atoms with Gasteiger partial charge in [-0.15, -0.1) is 0 Å². The summed E-state index contributed by atoms with van der Waals surface area (Å²) in [5, 5.41) is 2.76. The molecule has 0 aromatic rings. The van der Waals surface area contributed by atoms with Gasteiger partial charge in [0.05, 0.1) is 6.04 Å². The lowest BCUT2D eigenvalue weighted by Crippen LogP contribution is -2.42. The molecule has 0 heterocycles. The lowest BCUT2D eigenvalue weighted by Gasteiger charge is -2.24. The fraction of sp³-hybridized carbons (Fsp3) is 0.750. The first-order valence-corrected chi connectivity index (χ1v) is 6.75. The number of carbonyl (C=O) groups is 1. The Morgan fingerprint density at radius 3 is 2.62 bits per heavy atom. The van der Waals surface area contributed by atoms with Gasteiger partial charge in [0.25, 0.3) is 0 Å². The minimum atomic E-state index is -0.366. The Hall–Kier alpha value is -0.350. The van der Waals surface area contributed by atoms with E-state index in [0.717, 1.165) is 10.9 Å². The highest BCUT2D eigenvalue weighted by atomic mass is 79.9. The molecule has 0 bridgehead atoms. The third-order valence-electron chi connectivity index (χ3n) is 3.10. The molecule has 1 fully saturated rings. The van der Waals surface area contributed by atoms with Crippen LogP contribution in [0.15, 0.2) is 11.1 Å². The first kappa shape index (κ1) is 13.7. The van der Waals surface area contributed by atoms with Crippen LogP contribution in [-0.4, -0.2) is 18.5 Å². The molecule has 1 rings (SSSR count). The van der Waals surface area contributed by atoms with Gasteiger partial charge in [-0.25, -0.2) is 0 Å². The molecule has 0 spiro atoms. The molecule has 3 nitrogen and oxygen atoms in total. The molecule has 1 aliphatic carbocycles. The van der Waals surface area contributed by atoms with Crippen LogP contribution < -0.4 is 11.1 Å². The van der Waals surface area contributed by atoms with E-state index >= 15 is 0 Å². The topological polar surface area (TPSA) is 55.1 Å². The number of rotatable bonds is 5. The summed E-state index contributed by atoms with van der Waals surface area (Å²) in [6.45, 7) is 4.12. The highest BCUT2D eigenvalue weighted by molar-refractivity contribution is 9.11. The molecule has 3 N–H and O–H groups in total. The van der Waals surface area contributed by atoms with E-state index in [-0.39, 0.29) is 11.9 Å². The van der Waals surface area contributed by atoms with Gasteiger partial charge in [-0.1, -0.05) is 54.6 Å². The monoisotopic (exact) mass is 288 g/mol. The fourth-order valence-corrected chi connectivity index (χ4v) is 2.34. The van der Waals surface area contributed by atoms with Crippen molar-refractivity contribution < 1.29 is 4.79 Å². The minimum absolute atomic E-state index is 0.0637. The molecule has 0 aliphatic heterocycles. The summed E-state index contributed by atoms with van der Waals surface area (Å²) in [6, 6.07) is -0.366. The van der Waals surface area contributed by atoms with E-state index in [1.54, 1.807) is 0 Å². The first-order valence-electron chi connectivity index (χ1n) is 5.96. The van der Waals surface area contributed by atoms with Crippen molar-refractivity contribution in [3.8, 4) is 0 Å². The van der Waals surface area contributed by atoms with Gasteiger partial charge in [0.1, 0.15) is 0 Å². The molecule has 1 saturated carbocycles. The van der Waals surface area contributed by atoms with Crippen LogP contribution in [0.4, 0.5) is 0 Å². The predicted molar refractivity (Wildman–Crippen MR) is 70.2 cm³/mol. The van der Waals surface area contributed by atoms with Crippen molar-refractivity contribution >= 4 is 21.8 Å². The summed E-state index contributed by atoms with van der Waals surface area (Å²) in [4.78, 5) is 11.6. The summed E-state index contributed by atoms with van der Waals surface area (Å²) < 4.78 is 0.769. The largest absolute Gasteiger partial charge is 0.350 e. The molecule has 0 saturated heterocycles. The molecule has 1 aliphatic rings. The lowest BCUT2D eigenvalue weighted by atomic mass is 9.85. The number of nitrogens with two attached hydrogens (primary N) is 1. The maximum Gasteiger partial charge on any atom is 0.237 e. The van der Waals surface area contributed by atoms with Crippen molar-refractivity contribution in [2.24, 2.45) is 11.7 Å². The van der Waals surface area contributed by atoms with Crippen LogP contribution in [0.1, 0.15) is 38.5 Å². The van der Waals surface area contributed by atoms with Crippen LogP contribution in [0, 0.1) is 5.92 Å². The molecule has 1 atom stereocenters. The smallest absolute Gasteiger partial charge is 0.237 e. The van der Waals surface area contributed by atoms with E-state index in [9.17, 15) is 4.79 Å². The number of carbonyl (C=O) groups excluding carboxylic acids is 1. The van der Waals surface area contributed by atoms with E-state index in [0.29, 0.717) is 12.5 Å². The van der Waals surface area contributed by atoms with Crippen LogP contribution in [0.3, 0.4) is 0 Å². The Morgan fingerprint density at radius 1 is 1.44 bits per heavy atom. The minimum Gasteiger partial charge on any atom is -0.350 e. The Morgan fingerprint density at radius 2 is 2.06 bits per heavy atom. The maximum atomic E-state index is 11.6. The van der Waals surface area contributed by atoms with Crippen LogP contribution in [0.2, 0.25) is 0 Å². The molecule has 1 unspecified atom stereocenters. The number of hydrogen-bond acceptors (Lipinski definition) is 2. The lowest BCUT2D eigenvalue weighted by molar-refractivity contribution is -0.122. The predicted octanol–water partition coefficient (Wildman–Crippen LogP) is 2.31. The van der Waals surface area contributed by atoms with Gasteiger partial charge in [-0.05, 0) is 12.3 Å². The summed E-state index contributed by atoms with van der Waals surface area (Å²) in [7, 11) is 0. The van der Waals surface area contributed by atoms with E-state index in [1.807, 2.05) is 0 Å². The molecular weight excluding hydrogens is 268 g/mol. The standard InChI is InChI=1S/C12H21BrN2O/c1-9(13)8-15-12(16)11(14)7-10-5-3-2-4-6-10/h10-11H,1-8,14H2,(H,15,16). The highest BCUT2D eigenvalue weighted by Gasteiger charge is 2.20. The van der Waals surface area contributed by atoms with E-state index in [1.165, 1.54) is 32.1 Å². The second kappa shape index (κ2) is 7.07. The van der Waals surface area contributed by atoms with Crippen LogP contribution in [0.25, 0.3) is 0 Å². The summed E-state index contributed by atoms with van der Waals surface area (Å²) in [6.07, 6.45) is 7.19. The van der Waals surface area contributed by atoms with Crippen molar-refractivity contribution in [2.75, 3.05) is 6.54 Å². The van der Waals surface area contributed by atoms with Crippen molar-refractivity contribution in [1.82, 2.24) is 5.32 Å². The average molecular weight is 289 g/mol. The van der Waals surface area contributed by atoms with Crippen molar-refractivity contribution in [2.45, 2.75) is 44.6 Å². The van der Waals surface area contributed by atoms with Gasteiger partial charge in [0, 0.05) is 11.0 Å². The van der Waals surface area contributed by atoms with Crippen LogP contribution >= 0.6 is 15.9 Å². The maximum absolute atomic E-state index is 11.6. The van der Waals surface area contributed by atoms with Crippen LogP contribution in [0.5, 0.6) is 0 Å². The van der Waals surface area contributed by atoms with Gasteiger partial charge in [-0.2, -0.15) is 0 Å². The van der Waals surface area contributed by atoms with Crippen molar-refractivity contribution in [1.29, 1.82) is 0 Å². The number of halogens is 1. The SMILES string of the molecule is C=C(Br)CNC(=O)C(N)CC1CCCCC1. The summed E-state index contributed by atoms with van der Waals surface area (Å²) in [5.41, 5.74) is 5.88. The van der Waals surface area contributed by atoms with Crippen molar-refractivity contribution in [3.63, 3.8) is 0 Å². The van der Waals surface area contributed by atoms with Crippen LogP contribution in [-0.2, 0) is 4.79 Å². The van der Waals surface area contributed by atoms with E-state index < -0.39 is 0 Å². The zero-order chi connectivity index (χ0) is 12.0. The Bertz CT molecular complexity index is 249. The molecule has 92 valence electrons. The number of hydrogen-bond donors (Lipinski definition) is 2. The first-order chi connectivity index (χ1) is 7.59. The van der Waals surface area contributed by atoms with Gasteiger partial charge in [0.2, 0.25) is 5.91 Å². The summed E-state index contributed by atoms with van der Waals surface area (Å²) in [5.74, 6) is 0.577. The molecule has 4 heteroatoms. The highest BCUT2D eigenvalue weighted by Crippen LogP contribution is 2.26. The van der Waals surface area contributed by atoms with Gasteiger partial charge >= 0.3 is 0 Å². The second-order valence-corrected chi connectivity index (χ2v) is 5.70. The molecule has 0 aromatic heterocycles. The quantitative estimate of drug-likeness (QED) is 0.816. The number of nitrogens with one attached hydrogen (secondary N) is 1. The Labute approximate surface area is 106 Å². The van der Waals surface area contributed by atoms with Gasteiger partial charge < -0.3 is 11.1 Å². The van der Waals surface area contributed by atoms with Crippen molar-refractivity contribution in [3.05, 3.63) is 11.1 Å². The van der Waals surface area contributed by atoms with Gasteiger partial charge in [-0.3, -0.25) is 4.79 Å². The zero-order valence-corrected chi connectivity index (χ0v) is 11.3. The zero-order valence-electron chi connectivity index (χ0n) is 9.68. The number of amides is 1. The molecule has 16 heavy (non-hydrogen) atoms. The normalized spacial score (nSPS) is 19.1. The molecular formula is C12H21BrN2O. The molecule has 0 aromatic carbocycles. The molecule has 1 amide bonds.